The number of aromatic nitrogens is 1. The van der Waals surface area contributed by atoms with Gasteiger partial charge in [0.05, 0.1) is 41.3 Å². The van der Waals surface area contributed by atoms with E-state index in [9.17, 15) is 0 Å². The van der Waals surface area contributed by atoms with Crippen molar-refractivity contribution >= 4 is 23.4 Å². The number of benzene rings is 1. The first-order valence-electron chi connectivity index (χ1n) is 9.93. The first kappa shape index (κ1) is 17.6. The van der Waals surface area contributed by atoms with Crippen LogP contribution in [0.3, 0.4) is 0 Å². The molecule has 2 aromatic rings. The monoisotopic (exact) mass is 394 g/mol. The molecule has 3 heterocycles. The zero-order chi connectivity index (χ0) is 18.9. The third kappa shape index (κ3) is 3.35. The molecule has 1 aliphatic carbocycles. The van der Waals surface area contributed by atoms with Crippen molar-refractivity contribution in [2.45, 2.75) is 38.3 Å². The van der Waals surface area contributed by atoms with Crippen molar-refractivity contribution in [2.24, 2.45) is 16.0 Å². The van der Waals surface area contributed by atoms with Crippen LogP contribution in [0.4, 0.5) is 0 Å². The molecule has 0 radical (unpaired) electrons. The fraction of sp³-hybridized carbons (Fsp3) is 0.364. The van der Waals surface area contributed by atoms with Crippen molar-refractivity contribution in [3.63, 3.8) is 0 Å². The lowest BCUT2D eigenvalue weighted by Crippen LogP contribution is -2.33. The highest BCUT2D eigenvalue weighted by Gasteiger charge is 2.30. The predicted molar refractivity (Wildman–Crippen MR) is 111 cm³/mol. The summed E-state index contributed by atoms with van der Waals surface area (Å²) >= 11 is 6.25. The molecule has 144 valence electrons. The Morgan fingerprint density at radius 3 is 2.71 bits per heavy atom. The quantitative estimate of drug-likeness (QED) is 0.840. The molecule has 0 amide bonds. The van der Waals surface area contributed by atoms with E-state index in [0.29, 0.717) is 19.0 Å². The lowest BCUT2D eigenvalue weighted by atomic mass is 9.82. The van der Waals surface area contributed by atoms with Gasteiger partial charge < -0.3 is 15.1 Å². The van der Waals surface area contributed by atoms with Crippen LogP contribution < -0.4 is 20.9 Å². The van der Waals surface area contributed by atoms with E-state index in [2.05, 4.69) is 15.5 Å². The Kier molecular flexibility index (Phi) is 4.69. The van der Waals surface area contributed by atoms with Crippen molar-refractivity contribution in [1.29, 1.82) is 0 Å². The van der Waals surface area contributed by atoms with Crippen LogP contribution >= 0.6 is 11.6 Å². The van der Waals surface area contributed by atoms with Gasteiger partial charge in [-0.05, 0) is 50.0 Å². The highest BCUT2D eigenvalue weighted by Crippen LogP contribution is 2.31. The van der Waals surface area contributed by atoms with Crippen LogP contribution in [0.5, 0.6) is 5.75 Å². The third-order valence-corrected chi connectivity index (χ3v) is 6.00. The van der Waals surface area contributed by atoms with Crippen LogP contribution in [0.15, 0.2) is 51.5 Å². The number of hydrazone groups is 1. The van der Waals surface area contributed by atoms with Gasteiger partial charge in [0, 0.05) is 16.5 Å². The standard InChI is InChI=1S/C22H23ClN4O/c23-15-10-11-24-21-18-13-25-27-20(22(18)26-19(21)12-15)14-6-8-17(9-7-14)28-16-4-2-1-3-5-16/h1-5,10,12,14,17,25-26H,6-9,11,13H2. The molecule has 1 aromatic carbocycles. The van der Waals surface area contributed by atoms with Gasteiger partial charge in [-0.2, -0.15) is 5.10 Å². The fourth-order valence-electron chi connectivity index (χ4n) is 4.35. The van der Waals surface area contributed by atoms with Gasteiger partial charge >= 0.3 is 0 Å². The van der Waals surface area contributed by atoms with Gasteiger partial charge in [-0.3, -0.25) is 4.99 Å². The second-order valence-electron chi connectivity index (χ2n) is 7.55. The van der Waals surface area contributed by atoms with Crippen molar-refractivity contribution in [3.05, 3.63) is 63.4 Å². The average Bonchev–Trinajstić information content (AvgIpc) is 2.95. The number of halogens is 1. The largest absolute Gasteiger partial charge is 0.490 e. The highest BCUT2D eigenvalue weighted by atomic mass is 35.5. The number of nitrogens with one attached hydrogen (secondary N) is 2. The van der Waals surface area contributed by atoms with E-state index >= 15 is 0 Å². The van der Waals surface area contributed by atoms with E-state index in [1.807, 2.05) is 42.5 Å². The Morgan fingerprint density at radius 1 is 1.07 bits per heavy atom. The number of ether oxygens (including phenoxy) is 1. The van der Waals surface area contributed by atoms with Gasteiger partial charge in [0.1, 0.15) is 5.75 Å². The van der Waals surface area contributed by atoms with E-state index < -0.39 is 0 Å². The summed E-state index contributed by atoms with van der Waals surface area (Å²) in [5.41, 5.74) is 6.68. The number of para-hydroxylation sites is 1. The Labute approximate surface area is 168 Å². The Morgan fingerprint density at radius 2 is 1.89 bits per heavy atom. The maximum atomic E-state index is 6.25. The van der Waals surface area contributed by atoms with Crippen LogP contribution in [0.2, 0.25) is 0 Å². The van der Waals surface area contributed by atoms with Crippen LogP contribution in [-0.2, 0) is 6.54 Å². The normalized spacial score (nSPS) is 23.6. The molecule has 0 unspecified atom stereocenters. The minimum absolute atomic E-state index is 0.280. The Bertz CT molecular complexity index is 1050. The fourth-order valence-corrected chi connectivity index (χ4v) is 4.53. The average molecular weight is 395 g/mol. The molecule has 1 aromatic heterocycles. The molecule has 0 atom stereocenters. The molecule has 28 heavy (non-hydrogen) atoms. The maximum absolute atomic E-state index is 6.25. The molecule has 0 bridgehead atoms. The van der Waals surface area contributed by atoms with E-state index in [0.717, 1.165) is 58.6 Å². The lowest BCUT2D eigenvalue weighted by Gasteiger charge is -2.30. The number of allylic oxidation sites excluding steroid dienone is 1. The van der Waals surface area contributed by atoms with Crippen molar-refractivity contribution < 1.29 is 4.74 Å². The number of aromatic amines is 1. The summed E-state index contributed by atoms with van der Waals surface area (Å²) in [5, 5.41) is 7.41. The molecule has 1 fully saturated rings. The molecule has 0 spiro atoms. The summed E-state index contributed by atoms with van der Waals surface area (Å²) in [4.78, 5) is 8.26. The SMILES string of the molecule is ClC1=CCN=c2c3c([nH]c2=C1)C(C1CCC(Oc2ccccc2)CC1)=NNC3. The highest BCUT2D eigenvalue weighted by molar-refractivity contribution is 6.34. The van der Waals surface area contributed by atoms with Gasteiger partial charge in [0.15, 0.2) is 0 Å². The summed E-state index contributed by atoms with van der Waals surface area (Å²) in [6, 6.07) is 10.1. The van der Waals surface area contributed by atoms with Crippen molar-refractivity contribution in [1.82, 2.24) is 10.4 Å². The molecule has 3 aliphatic rings. The molecule has 5 nitrogen and oxygen atoms in total. The van der Waals surface area contributed by atoms with E-state index in [4.69, 9.17) is 21.3 Å². The first-order chi connectivity index (χ1) is 13.8. The summed E-state index contributed by atoms with van der Waals surface area (Å²) in [6.07, 6.45) is 8.40. The zero-order valence-corrected chi connectivity index (χ0v) is 16.4. The van der Waals surface area contributed by atoms with Gasteiger partial charge in [0.2, 0.25) is 0 Å². The summed E-state index contributed by atoms with van der Waals surface area (Å²) in [6.45, 7) is 1.31. The maximum Gasteiger partial charge on any atom is 0.119 e. The topological polar surface area (TPSA) is 61.8 Å². The summed E-state index contributed by atoms with van der Waals surface area (Å²) in [7, 11) is 0. The van der Waals surface area contributed by atoms with Crippen LogP contribution in [0, 0.1) is 5.92 Å². The summed E-state index contributed by atoms with van der Waals surface area (Å²) in [5.74, 6) is 1.38. The first-order valence-corrected chi connectivity index (χ1v) is 10.3. The Balaban J connectivity index is 1.35. The predicted octanol–water partition coefficient (Wildman–Crippen LogP) is 3.00. The lowest BCUT2D eigenvalue weighted by molar-refractivity contribution is 0.144. The molecular formula is C22H23ClN4O. The summed E-state index contributed by atoms with van der Waals surface area (Å²) < 4.78 is 6.15. The second kappa shape index (κ2) is 7.47. The zero-order valence-electron chi connectivity index (χ0n) is 15.6. The molecule has 0 saturated heterocycles. The van der Waals surface area contributed by atoms with Gasteiger partial charge in [-0.1, -0.05) is 29.8 Å². The van der Waals surface area contributed by atoms with E-state index in [1.54, 1.807) is 0 Å². The molecule has 5 rings (SSSR count). The van der Waals surface area contributed by atoms with Crippen molar-refractivity contribution in [2.75, 3.05) is 6.54 Å². The number of rotatable bonds is 3. The van der Waals surface area contributed by atoms with Crippen molar-refractivity contribution in [3.8, 4) is 5.75 Å². The van der Waals surface area contributed by atoms with Crippen LogP contribution in [0.1, 0.15) is 36.9 Å². The van der Waals surface area contributed by atoms with E-state index in [1.165, 1.54) is 5.56 Å². The number of fused-ring (bicyclic) bond motifs is 3. The van der Waals surface area contributed by atoms with Gasteiger partial charge in [-0.15, -0.1) is 0 Å². The van der Waals surface area contributed by atoms with Crippen LogP contribution in [0.25, 0.3) is 6.08 Å². The number of hydrogen-bond acceptors (Lipinski definition) is 4. The third-order valence-electron chi connectivity index (χ3n) is 5.74. The molecule has 2 N–H and O–H groups in total. The minimum Gasteiger partial charge on any atom is -0.490 e. The number of nitrogens with zero attached hydrogens (tertiary/aromatic N) is 2. The van der Waals surface area contributed by atoms with Gasteiger partial charge in [0.25, 0.3) is 0 Å². The van der Waals surface area contributed by atoms with Crippen LogP contribution in [-0.4, -0.2) is 23.3 Å². The molecule has 6 heteroatoms. The molecule has 2 aliphatic heterocycles. The Hall–Kier alpha value is -2.53. The number of hydrogen-bond donors (Lipinski definition) is 2. The minimum atomic E-state index is 0.280. The van der Waals surface area contributed by atoms with E-state index in [-0.39, 0.29) is 6.10 Å². The molecule has 1 saturated carbocycles. The smallest absolute Gasteiger partial charge is 0.119 e. The number of H-pyrrole nitrogens is 1. The molecular weight excluding hydrogens is 372 g/mol. The second-order valence-corrected chi connectivity index (χ2v) is 7.99. The van der Waals surface area contributed by atoms with Gasteiger partial charge in [-0.25, -0.2) is 0 Å².